The molecule has 4 rings (SSSR count). The number of nitrogens with one attached hydrogen (secondary N) is 1. The Kier molecular flexibility index (Phi) is 7.55. The number of nitrogens with zero attached hydrogens (tertiary/aromatic N) is 2. The number of rotatable bonds is 9. The molecule has 32 heavy (non-hydrogen) atoms. The van der Waals surface area contributed by atoms with Crippen molar-refractivity contribution in [2.24, 2.45) is 5.92 Å². The van der Waals surface area contributed by atoms with E-state index in [9.17, 15) is 5.11 Å². The highest BCUT2D eigenvalue weighted by Gasteiger charge is 2.43. The third-order valence-corrected chi connectivity index (χ3v) is 5.78. The van der Waals surface area contributed by atoms with Gasteiger partial charge in [0.25, 0.3) is 0 Å². The van der Waals surface area contributed by atoms with Crippen molar-refractivity contribution in [1.82, 2.24) is 9.97 Å². The number of ether oxygens (including phenoxy) is 2. The summed E-state index contributed by atoms with van der Waals surface area (Å²) in [6.45, 7) is 1.32. The molecule has 0 bridgehead atoms. The van der Waals surface area contributed by atoms with Crippen molar-refractivity contribution < 1.29 is 14.6 Å². The van der Waals surface area contributed by atoms with Crippen LogP contribution >= 0.6 is 11.6 Å². The summed E-state index contributed by atoms with van der Waals surface area (Å²) >= 11 is 6.00. The van der Waals surface area contributed by atoms with Gasteiger partial charge >= 0.3 is 0 Å². The number of anilines is 2. The van der Waals surface area contributed by atoms with E-state index in [-0.39, 0.29) is 29.2 Å². The number of benzene rings is 2. The Morgan fingerprint density at radius 1 is 1.00 bits per heavy atom. The van der Waals surface area contributed by atoms with Crippen LogP contribution in [-0.2, 0) is 22.7 Å². The van der Waals surface area contributed by atoms with Crippen molar-refractivity contribution in [3.05, 3.63) is 83.0 Å². The Balaban J connectivity index is 1.43. The summed E-state index contributed by atoms with van der Waals surface area (Å²) in [6.07, 6.45) is -0.288. The normalized spacial score (nSPS) is 22.7. The van der Waals surface area contributed by atoms with Crippen LogP contribution in [0.2, 0.25) is 5.15 Å². The maximum Gasteiger partial charge on any atom is 0.223 e. The van der Waals surface area contributed by atoms with Gasteiger partial charge in [-0.3, -0.25) is 0 Å². The van der Waals surface area contributed by atoms with E-state index in [2.05, 4.69) is 15.3 Å². The van der Waals surface area contributed by atoms with Gasteiger partial charge in [-0.25, -0.2) is 4.98 Å². The molecule has 1 heterocycles. The smallest absolute Gasteiger partial charge is 0.223 e. The third-order valence-electron chi connectivity index (χ3n) is 5.59. The molecule has 8 heteroatoms. The molecule has 0 spiro atoms. The number of nitrogen functional groups attached to an aromatic ring is 1. The summed E-state index contributed by atoms with van der Waals surface area (Å²) < 4.78 is 12.2. The summed E-state index contributed by atoms with van der Waals surface area (Å²) in [4.78, 5) is 8.04. The summed E-state index contributed by atoms with van der Waals surface area (Å²) in [7, 11) is 0. The standard InChI is InChI=1S/C24H27ClN4O3/c25-21-12-22(29-24(26)28-21)27-19-11-20(32-14-17-9-5-2-6-10-17)18(23(19)30)15-31-13-16-7-3-1-4-8-16/h1-10,12,18-20,23,30H,11,13-15H2,(H3,26,27,28,29)/t18-,19+,20+,23+/m1/s1/i12+1,21+1,22+1,24+1. The quantitative estimate of drug-likeness (QED) is 0.420. The van der Waals surface area contributed by atoms with E-state index in [1.165, 1.54) is 0 Å². The van der Waals surface area contributed by atoms with Gasteiger partial charge in [-0.1, -0.05) is 72.3 Å². The third kappa shape index (κ3) is 5.95. The first-order valence-corrected chi connectivity index (χ1v) is 11.0. The predicted octanol–water partition coefficient (Wildman–Crippen LogP) is 3.68. The van der Waals surface area contributed by atoms with Crippen molar-refractivity contribution in [3.8, 4) is 0 Å². The molecule has 4 N–H and O–H groups in total. The molecule has 1 aliphatic carbocycles. The van der Waals surface area contributed by atoms with E-state index in [0.717, 1.165) is 11.1 Å². The van der Waals surface area contributed by atoms with Gasteiger partial charge in [0, 0.05) is 12.0 Å². The highest BCUT2D eigenvalue weighted by molar-refractivity contribution is 6.29. The minimum absolute atomic E-state index is 0.0760. The zero-order valence-electron chi connectivity index (χ0n) is 17.6. The molecule has 3 aromatic rings. The predicted molar refractivity (Wildman–Crippen MR) is 124 cm³/mol. The fraction of sp³-hybridized carbons (Fsp3) is 0.333. The average Bonchev–Trinajstić information content (AvgIpc) is 3.07. The first-order valence-electron chi connectivity index (χ1n) is 10.6. The second kappa shape index (κ2) is 10.7. The molecule has 1 aliphatic rings. The lowest BCUT2D eigenvalue weighted by molar-refractivity contribution is -0.0463. The van der Waals surface area contributed by atoms with Crippen molar-refractivity contribution in [2.75, 3.05) is 17.7 Å². The van der Waals surface area contributed by atoms with E-state index < -0.39 is 6.10 Å². The minimum Gasteiger partial charge on any atom is -0.391 e. The highest BCUT2D eigenvalue weighted by Crippen LogP contribution is 2.33. The van der Waals surface area contributed by atoms with Gasteiger partial charge in [0.2, 0.25) is 5.95 Å². The SMILES string of the molecule is N[13c]1n[13c](Cl)[13cH][13c](N[C@H]2C[C@H](OCc3ccccc3)[C@@H](COCc3ccccc3)[C@@H]2O)n1. The van der Waals surface area contributed by atoms with E-state index >= 15 is 0 Å². The largest absolute Gasteiger partial charge is 0.391 e. The molecular formula is C24H27ClN4O3. The van der Waals surface area contributed by atoms with E-state index in [1.807, 2.05) is 60.7 Å². The minimum atomic E-state index is -0.693. The molecule has 1 saturated carbocycles. The Labute approximate surface area is 192 Å². The molecule has 0 saturated heterocycles. The van der Waals surface area contributed by atoms with Gasteiger partial charge in [0.05, 0.1) is 38.1 Å². The molecule has 4 atom stereocenters. The number of aliphatic hydroxyl groups excluding tert-OH is 1. The van der Waals surface area contributed by atoms with Gasteiger partial charge in [-0.15, -0.1) is 0 Å². The monoisotopic (exact) mass is 458 g/mol. The average molecular weight is 459 g/mol. The zero-order valence-corrected chi connectivity index (χ0v) is 18.4. The lowest BCUT2D eigenvalue weighted by Gasteiger charge is -2.23. The molecule has 168 valence electrons. The van der Waals surface area contributed by atoms with Crippen LogP contribution in [0.1, 0.15) is 17.5 Å². The maximum absolute atomic E-state index is 11.1. The first kappa shape index (κ1) is 22.5. The van der Waals surface area contributed by atoms with Crippen LogP contribution in [0.4, 0.5) is 11.8 Å². The van der Waals surface area contributed by atoms with E-state index in [1.54, 1.807) is 6.07 Å². The first-order chi connectivity index (χ1) is 15.6. The lowest BCUT2D eigenvalue weighted by Crippen LogP contribution is -2.35. The van der Waals surface area contributed by atoms with Crippen molar-refractivity contribution in [2.45, 2.75) is 37.9 Å². The second-order valence-corrected chi connectivity index (χ2v) is 8.30. The second-order valence-electron chi connectivity index (χ2n) is 7.91. The van der Waals surface area contributed by atoms with Gasteiger partial charge in [-0.05, 0) is 17.5 Å². The molecular weight excluding hydrogens is 432 g/mol. The van der Waals surface area contributed by atoms with Crippen LogP contribution in [0.3, 0.4) is 0 Å². The van der Waals surface area contributed by atoms with Crippen LogP contribution < -0.4 is 11.1 Å². The molecule has 2 aromatic carbocycles. The van der Waals surface area contributed by atoms with Gasteiger partial charge in [0.1, 0.15) is 11.0 Å². The van der Waals surface area contributed by atoms with Gasteiger partial charge < -0.3 is 25.6 Å². The van der Waals surface area contributed by atoms with Crippen molar-refractivity contribution in [3.63, 3.8) is 0 Å². The fourth-order valence-corrected chi connectivity index (χ4v) is 4.18. The molecule has 7 nitrogen and oxygen atoms in total. The van der Waals surface area contributed by atoms with Crippen LogP contribution in [0.25, 0.3) is 0 Å². The molecule has 1 fully saturated rings. The summed E-state index contributed by atoms with van der Waals surface area (Å²) in [5.41, 5.74) is 7.87. The number of aromatic nitrogens is 2. The number of hydrogen-bond acceptors (Lipinski definition) is 7. The highest BCUT2D eigenvalue weighted by atomic mass is 35.5. The van der Waals surface area contributed by atoms with Crippen LogP contribution in [0.15, 0.2) is 66.7 Å². The molecule has 1 aromatic heterocycles. The molecule has 0 unspecified atom stereocenters. The van der Waals surface area contributed by atoms with Crippen molar-refractivity contribution in [1.29, 1.82) is 0 Å². The summed E-state index contributed by atoms with van der Waals surface area (Å²) in [5, 5.41) is 14.6. The molecule has 0 aliphatic heterocycles. The lowest BCUT2D eigenvalue weighted by atomic mass is 10.0. The van der Waals surface area contributed by atoms with Crippen LogP contribution in [0.5, 0.6) is 0 Å². The Hall–Kier alpha value is -2.71. The van der Waals surface area contributed by atoms with Gasteiger partial charge in [0.15, 0.2) is 0 Å². The number of halogens is 1. The number of aliphatic hydroxyl groups is 1. The Bertz CT molecular complexity index is 973. The Morgan fingerprint density at radius 3 is 2.31 bits per heavy atom. The number of nitrogens with two attached hydrogens (primary N) is 1. The number of hydrogen-bond donors (Lipinski definition) is 3. The summed E-state index contributed by atoms with van der Waals surface area (Å²) in [6, 6.07) is 21.2. The Morgan fingerprint density at radius 2 is 1.66 bits per heavy atom. The van der Waals surface area contributed by atoms with E-state index in [4.69, 9.17) is 26.8 Å². The fourth-order valence-electron chi connectivity index (χ4n) is 3.99. The zero-order chi connectivity index (χ0) is 22.3. The summed E-state index contributed by atoms with van der Waals surface area (Å²) in [5.74, 6) is 0.348. The topological polar surface area (TPSA) is 103 Å². The van der Waals surface area contributed by atoms with E-state index in [0.29, 0.717) is 32.1 Å². The van der Waals surface area contributed by atoms with Crippen LogP contribution in [-0.4, -0.2) is 39.9 Å². The van der Waals surface area contributed by atoms with Gasteiger partial charge in [-0.2, -0.15) is 4.98 Å². The molecule has 0 radical (unpaired) electrons. The molecule has 0 amide bonds. The van der Waals surface area contributed by atoms with Crippen LogP contribution in [0, 0.1) is 5.92 Å². The van der Waals surface area contributed by atoms with Crippen molar-refractivity contribution >= 4 is 23.4 Å². The maximum atomic E-state index is 11.1.